The molecular formula is C9H14N4O. The molecule has 1 fully saturated rings. The van der Waals surface area contributed by atoms with Crippen LogP contribution in [0.5, 0.6) is 0 Å². The van der Waals surface area contributed by atoms with Crippen molar-refractivity contribution in [3.63, 3.8) is 0 Å². The minimum Gasteiger partial charge on any atom is -0.395 e. The average Bonchev–Trinajstić information content (AvgIpc) is 2.97. The molecular weight excluding hydrogens is 180 g/mol. The van der Waals surface area contributed by atoms with Gasteiger partial charge in [-0.2, -0.15) is 4.98 Å². The van der Waals surface area contributed by atoms with E-state index in [9.17, 15) is 0 Å². The summed E-state index contributed by atoms with van der Waals surface area (Å²) < 4.78 is 0. The van der Waals surface area contributed by atoms with Gasteiger partial charge in [-0.1, -0.05) is 0 Å². The van der Waals surface area contributed by atoms with Gasteiger partial charge in [0.1, 0.15) is 5.82 Å². The molecule has 0 spiro atoms. The van der Waals surface area contributed by atoms with Gasteiger partial charge >= 0.3 is 0 Å². The highest BCUT2D eigenvalue weighted by molar-refractivity contribution is 5.43. The molecule has 0 radical (unpaired) electrons. The highest BCUT2D eigenvalue weighted by Crippen LogP contribution is 2.30. The zero-order chi connectivity index (χ0) is 9.97. The molecule has 0 bridgehead atoms. The van der Waals surface area contributed by atoms with Crippen molar-refractivity contribution in [1.29, 1.82) is 0 Å². The summed E-state index contributed by atoms with van der Waals surface area (Å²) in [6.07, 6.45) is 3.98. The van der Waals surface area contributed by atoms with Gasteiger partial charge in [-0.3, -0.25) is 0 Å². The number of hydrogen-bond acceptors (Lipinski definition) is 5. The van der Waals surface area contributed by atoms with Crippen molar-refractivity contribution in [3.8, 4) is 0 Å². The van der Waals surface area contributed by atoms with E-state index in [0.29, 0.717) is 12.6 Å². The van der Waals surface area contributed by atoms with Crippen LogP contribution in [0.3, 0.4) is 0 Å². The first-order valence-electron chi connectivity index (χ1n) is 4.77. The molecule has 1 aromatic rings. The van der Waals surface area contributed by atoms with Gasteiger partial charge in [-0.25, -0.2) is 4.98 Å². The summed E-state index contributed by atoms with van der Waals surface area (Å²) in [5.74, 6) is 1.10. The van der Waals surface area contributed by atoms with Gasteiger partial charge in [0.25, 0.3) is 0 Å². The first kappa shape index (κ1) is 9.21. The molecule has 14 heavy (non-hydrogen) atoms. The van der Waals surface area contributed by atoms with Crippen molar-refractivity contribution in [2.24, 2.45) is 0 Å². The van der Waals surface area contributed by atoms with Crippen molar-refractivity contribution in [2.75, 3.05) is 23.8 Å². The molecule has 2 rings (SSSR count). The molecule has 1 aliphatic rings. The highest BCUT2D eigenvalue weighted by atomic mass is 16.3. The molecule has 76 valence electrons. The second-order valence-corrected chi connectivity index (χ2v) is 3.42. The molecule has 0 amide bonds. The first-order chi connectivity index (χ1) is 6.81. The van der Waals surface area contributed by atoms with E-state index in [1.165, 1.54) is 12.8 Å². The summed E-state index contributed by atoms with van der Waals surface area (Å²) >= 11 is 0. The first-order valence-corrected chi connectivity index (χ1v) is 4.77. The maximum atomic E-state index is 8.93. The Hall–Kier alpha value is -1.36. The van der Waals surface area contributed by atoms with E-state index in [0.717, 1.165) is 5.82 Å². The van der Waals surface area contributed by atoms with E-state index in [1.807, 2.05) is 6.07 Å². The van der Waals surface area contributed by atoms with E-state index < -0.39 is 0 Å². The van der Waals surface area contributed by atoms with E-state index in [1.54, 1.807) is 6.20 Å². The SMILES string of the molecule is Nc1nccc(N(CCO)C2CC2)n1. The van der Waals surface area contributed by atoms with Gasteiger partial charge in [-0.05, 0) is 18.9 Å². The number of hydrogen-bond donors (Lipinski definition) is 2. The fourth-order valence-corrected chi connectivity index (χ4v) is 1.50. The predicted octanol–water partition coefficient (Wildman–Crippen LogP) is 0.0199. The van der Waals surface area contributed by atoms with E-state index in [2.05, 4.69) is 14.9 Å². The third-order valence-corrected chi connectivity index (χ3v) is 2.28. The number of aliphatic hydroxyl groups is 1. The van der Waals surface area contributed by atoms with Crippen LogP contribution in [-0.4, -0.2) is 34.3 Å². The van der Waals surface area contributed by atoms with Crippen LogP contribution in [0.25, 0.3) is 0 Å². The van der Waals surface area contributed by atoms with Crippen LogP contribution in [-0.2, 0) is 0 Å². The number of nitrogen functional groups attached to an aromatic ring is 1. The lowest BCUT2D eigenvalue weighted by atomic mass is 10.4. The Bertz CT molecular complexity index is 313. The standard InChI is InChI=1S/C9H14N4O/c10-9-11-4-3-8(12-9)13(5-6-14)7-1-2-7/h3-4,7,14H,1-2,5-6H2,(H2,10,11,12). The minimum absolute atomic E-state index is 0.139. The molecule has 5 heteroatoms. The zero-order valence-corrected chi connectivity index (χ0v) is 7.93. The van der Waals surface area contributed by atoms with Crippen LogP contribution in [0.2, 0.25) is 0 Å². The number of nitrogens with zero attached hydrogens (tertiary/aromatic N) is 3. The van der Waals surface area contributed by atoms with Gasteiger partial charge < -0.3 is 15.7 Å². The molecule has 0 unspecified atom stereocenters. The molecule has 0 atom stereocenters. The molecule has 1 heterocycles. The smallest absolute Gasteiger partial charge is 0.221 e. The van der Waals surface area contributed by atoms with Crippen LogP contribution in [0, 0.1) is 0 Å². The number of anilines is 2. The Morgan fingerprint density at radius 1 is 1.57 bits per heavy atom. The number of nitrogens with two attached hydrogens (primary N) is 1. The second-order valence-electron chi connectivity index (χ2n) is 3.42. The van der Waals surface area contributed by atoms with Crippen LogP contribution >= 0.6 is 0 Å². The molecule has 1 saturated carbocycles. The summed E-state index contributed by atoms with van der Waals surface area (Å²) in [7, 11) is 0. The van der Waals surface area contributed by atoms with Gasteiger partial charge in [0.05, 0.1) is 6.61 Å². The van der Waals surface area contributed by atoms with E-state index >= 15 is 0 Å². The summed E-state index contributed by atoms with van der Waals surface area (Å²) in [4.78, 5) is 10.1. The number of aliphatic hydroxyl groups excluding tert-OH is 1. The lowest BCUT2D eigenvalue weighted by molar-refractivity contribution is 0.301. The summed E-state index contributed by atoms with van der Waals surface area (Å²) in [6, 6.07) is 2.35. The molecule has 1 aromatic heterocycles. The summed E-state index contributed by atoms with van der Waals surface area (Å²) in [5, 5.41) is 8.93. The Labute approximate surface area is 82.6 Å². The monoisotopic (exact) mass is 194 g/mol. The van der Waals surface area contributed by atoms with E-state index in [4.69, 9.17) is 10.8 Å². The Balaban J connectivity index is 2.16. The molecule has 0 aromatic carbocycles. The van der Waals surface area contributed by atoms with Gasteiger partial charge in [0.15, 0.2) is 0 Å². The molecule has 1 aliphatic carbocycles. The Morgan fingerprint density at radius 2 is 2.36 bits per heavy atom. The van der Waals surface area contributed by atoms with Crippen molar-refractivity contribution in [2.45, 2.75) is 18.9 Å². The summed E-state index contributed by atoms with van der Waals surface area (Å²) in [6.45, 7) is 0.752. The maximum absolute atomic E-state index is 8.93. The average molecular weight is 194 g/mol. The maximum Gasteiger partial charge on any atom is 0.221 e. The fourth-order valence-electron chi connectivity index (χ4n) is 1.50. The Kier molecular flexibility index (Phi) is 2.49. The minimum atomic E-state index is 0.139. The van der Waals surface area contributed by atoms with Crippen molar-refractivity contribution in [3.05, 3.63) is 12.3 Å². The predicted molar refractivity (Wildman–Crippen MR) is 53.9 cm³/mol. The molecule has 0 aliphatic heterocycles. The van der Waals surface area contributed by atoms with Crippen LogP contribution < -0.4 is 10.6 Å². The van der Waals surface area contributed by atoms with Crippen LogP contribution in [0.4, 0.5) is 11.8 Å². The van der Waals surface area contributed by atoms with Crippen molar-refractivity contribution < 1.29 is 5.11 Å². The van der Waals surface area contributed by atoms with Crippen molar-refractivity contribution >= 4 is 11.8 Å². The Morgan fingerprint density at radius 3 is 2.93 bits per heavy atom. The zero-order valence-electron chi connectivity index (χ0n) is 7.93. The third kappa shape index (κ3) is 1.93. The van der Waals surface area contributed by atoms with Gasteiger partial charge in [0, 0.05) is 18.8 Å². The van der Waals surface area contributed by atoms with Gasteiger partial charge in [-0.15, -0.1) is 0 Å². The van der Waals surface area contributed by atoms with Crippen LogP contribution in [0.1, 0.15) is 12.8 Å². The lowest BCUT2D eigenvalue weighted by Crippen LogP contribution is -2.29. The highest BCUT2D eigenvalue weighted by Gasteiger charge is 2.29. The molecule has 3 N–H and O–H groups in total. The summed E-state index contributed by atoms with van der Waals surface area (Å²) in [5.41, 5.74) is 5.50. The second kappa shape index (κ2) is 3.79. The number of aromatic nitrogens is 2. The van der Waals surface area contributed by atoms with E-state index in [-0.39, 0.29) is 12.6 Å². The number of rotatable bonds is 4. The molecule has 5 nitrogen and oxygen atoms in total. The molecule has 0 saturated heterocycles. The topological polar surface area (TPSA) is 75.3 Å². The normalized spacial score (nSPS) is 15.5. The third-order valence-electron chi connectivity index (χ3n) is 2.28. The fraction of sp³-hybridized carbons (Fsp3) is 0.556. The van der Waals surface area contributed by atoms with Crippen LogP contribution in [0.15, 0.2) is 12.3 Å². The van der Waals surface area contributed by atoms with Crippen molar-refractivity contribution in [1.82, 2.24) is 9.97 Å². The largest absolute Gasteiger partial charge is 0.395 e. The quantitative estimate of drug-likeness (QED) is 0.706. The van der Waals surface area contributed by atoms with Gasteiger partial charge in [0.2, 0.25) is 5.95 Å². The lowest BCUT2D eigenvalue weighted by Gasteiger charge is -2.22.